The number of carbonyl (C=O) groups excluding carboxylic acids is 1. The number of rotatable bonds is 8. The molecule has 0 saturated carbocycles. The first-order chi connectivity index (χ1) is 17.5. The molecule has 5 rings (SSSR count). The van der Waals surface area contributed by atoms with E-state index in [4.69, 9.17) is 37.7 Å². The van der Waals surface area contributed by atoms with Crippen molar-refractivity contribution >= 4 is 46.1 Å². The Labute approximate surface area is 221 Å². The van der Waals surface area contributed by atoms with Gasteiger partial charge < -0.3 is 19.7 Å². The van der Waals surface area contributed by atoms with Crippen molar-refractivity contribution in [2.24, 2.45) is 11.8 Å². The minimum atomic E-state index is 0.0102. The number of ether oxygens (including phenoxy) is 2. The molecule has 9 heteroatoms. The Morgan fingerprint density at radius 2 is 1.97 bits per heavy atom. The molecule has 2 fully saturated rings. The van der Waals surface area contributed by atoms with Gasteiger partial charge >= 0.3 is 0 Å². The van der Waals surface area contributed by atoms with Crippen molar-refractivity contribution in [1.29, 1.82) is 0 Å². The van der Waals surface area contributed by atoms with Crippen molar-refractivity contribution in [3.05, 3.63) is 46.4 Å². The lowest BCUT2D eigenvalue weighted by Gasteiger charge is -2.32. The molecule has 3 aromatic rings. The number of piperidine rings is 1. The molecule has 0 aliphatic carbocycles. The third-order valence-corrected chi connectivity index (χ3v) is 7.69. The highest BCUT2D eigenvalue weighted by Crippen LogP contribution is 2.35. The highest BCUT2D eigenvalue weighted by molar-refractivity contribution is 6.42. The lowest BCUT2D eigenvalue weighted by atomic mass is 9.96. The van der Waals surface area contributed by atoms with Crippen LogP contribution >= 0.6 is 23.2 Å². The molecule has 2 aliphatic rings. The smallest absolute Gasteiger partial charge is 0.223 e. The predicted molar refractivity (Wildman–Crippen MR) is 144 cm³/mol. The molecule has 1 unspecified atom stereocenters. The van der Waals surface area contributed by atoms with Crippen LogP contribution in [0.3, 0.4) is 0 Å². The van der Waals surface area contributed by atoms with Gasteiger partial charge in [-0.1, -0.05) is 36.2 Å². The molecule has 0 radical (unpaired) electrons. The van der Waals surface area contributed by atoms with E-state index >= 15 is 0 Å². The van der Waals surface area contributed by atoms with Gasteiger partial charge in [0.25, 0.3) is 0 Å². The number of carbonyl (C=O) groups is 1. The van der Waals surface area contributed by atoms with Crippen molar-refractivity contribution in [3.63, 3.8) is 0 Å². The van der Waals surface area contributed by atoms with E-state index < -0.39 is 0 Å². The fourth-order valence-corrected chi connectivity index (χ4v) is 5.25. The molecule has 0 spiro atoms. The summed E-state index contributed by atoms with van der Waals surface area (Å²) in [6, 6.07) is 11.7. The maximum atomic E-state index is 12.8. The Morgan fingerprint density at radius 3 is 2.72 bits per heavy atom. The molecule has 192 valence electrons. The van der Waals surface area contributed by atoms with Crippen LogP contribution in [0.25, 0.3) is 16.7 Å². The molecule has 0 bridgehead atoms. The van der Waals surface area contributed by atoms with Crippen molar-refractivity contribution in [3.8, 4) is 11.4 Å². The van der Waals surface area contributed by atoms with Gasteiger partial charge in [0.05, 0.1) is 40.0 Å². The second-order valence-corrected chi connectivity index (χ2v) is 10.4. The first kappa shape index (κ1) is 25.2. The number of hydrogen-bond acceptors (Lipinski definition) is 5. The summed E-state index contributed by atoms with van der Waals surface area (Å²) in [5, 5.41) is 4.10. The fraction of sp³-hybridized carbons (Fsp3) is 0.481. The van der Waals surface area contributed by atoms with Gasteiger partial charge in [0, 0.05) is 44.1 Å². The highest BCUT2D eigenvalue weighted by atomic mass is 35.5. The molecule has 7 nitrogen and oxygen atoms in total. The normalized spacial score (nSPS) is 18.6. The Hall–Kier alpha value is -2.48. The number of anilines is 1. The fourth-order valence-electron chi connectivity index (χ4n) is 4.93. The summed E-state index contributed by atoms with van der Waals surface area (Å²) in [5.74, 6) is 2.22. The molecule has 1 atom stereocenters. The molecule has 2 aromatic carbocycles. The number of fused-ring (bicyclic) bond motifs is 1. The third-order valence-electron chi connectivity index (χ3n) is 6.97. The van der Waals surface area contributed by atoms with E-state index in [0.29, 0.717) is 29.1 Å². The van der Waals surface area contributed by atoms with Crippen LogP contribution in [-0.4, -0.2) is 54.9 Å². The van der Waals surface area contributed by atoms with Gasteiger partial charge in [-0.15, -0.1) is 0 Å². The minimum Gasteiger partial charge on any atom is -0.494 e. The van der Waals surface area contributed by atoms with E-state index in [2.05, 4.69) is 21.7 Å². The van der Waals surface area contributed by atoms with E-state index in [1.807, 2.05) is 36.4 Å². The number of hydrogen-bond donors (Lipinski definition) is 1. The van der Waals surface area contributed by atoms with E-state index in [1.54, 1.807) is 0 Å². The zero-order chi connectivity index (χ0) is 25.1. The molecule has 36 heavy (non-hydrogen) atoms. The average molecular weight is 531 g/mol. The Kier molecular flexibility index (Phi) is 7.89. The monoisotopic (exact) mass is 530 g/mol. The Bertz CT molecular complexity index is 1220. The number of aromatic nitrogens is 2. The standard InChI is InChI=1S/C27H32Cl2N4O3/c1-2-11-36-21-5-3-4-20(13-21)33-25-15-23(29)22(28)14-24(25)31-27(33)32-9-6-19(7-10-32)26(34)30-16-18-8-12-35-17-18/h3-5,13-15,18-19H,2,6-12,16-17H2,1H3,(H,30,34). The van der Waals surface area contributed by atoms with Gasteiger partial charge in [0.1, 0.15) is 5.75 Å². The van der Waals surface area contributed by atoms with E-state index in [1.165, 1.54) is 0 Å². The molecule has 3 heterocycles. The van der Waals surface area contributed by atoms with E-state index in [0.717, 1.165) is 80.4 Å². The summed E-state index contributed by atoms with van der Waals surface area (Å²) >= 11 is 12.7. The van der Waals surface area contributed by atoms with Gasteiger partial charge in [-0.05, 0) is 49.9 Å². The van der Waals surface area contributed by atoms with Gasteiger partial charge in [0.2, 0.25) is 11.9 Å². The van der Waals surface area contributed by atoms with Gasteiger partial charge in [-0.2, -0.15) is 0 Å². The van der Waals surface area contributed by atoms with E-state index in [9.17, 15) is 4.79 Å². The van der Waals surface area contributed by atoms with Gasteiger partial charge in [-0.3, -0.25) is 9.36 Å². The molecular formula is C27H32Cl2N4O3. The summed E-state index contributed by atoms with van der Waals surface area (Å²) < 4.78 is 13.4. The number of nitrogens with one attached hydrogen (secondary N) is 1. The maximum Gasteiger partial charge on any atom is 0.223 e. The predicted octanol–water partition coefficient (Wildman–Crippen LogP) is 5.49. The molecule has 2 saturated heterocycles. The van der Waals surface area contributed by atoms with E-state index in [-0.39, 0.29) is 11.8 Å². The lowest BCUT2D eigenvalue weighted by Crippen LogP contribution is -2.42. The Morgan fingerprint density at radius 1 is 1.17 bits per heavy atom. The van der Waals surface area contributed by atoms with Gasteiger partial charge in [-0.25, -0.2) is 4.98 Å². The number of imidazole rings is 1. The van der Waals surface area contributed by atoms with Crippen LogP contribution in [0.1, 0.15) is 32.6 Å². The third kappa shape index (κ3) is 5.43. The second kappa shape index (κ2) is 11.3. The van der Waals surface area contributed by atoms with Crippen molar-refractivity contribution < 1.29 is 14.3 Å². The first-order valence-corrected chi connectivity index (χ1v) is 13.5. The zero-order valence-corrected chi connectivity index (χ0v) is 22.0. The Balaban J connectivity index is 1.38. The molecular weight excluding hydrogens is 499 g/mol. The zero-order valence-electron chi connectivity index (χ0n) is 20.5. The van der Waals surface area contributed by atoms with Gasteiger partial charge in [0.15, 0.2) is 0 Å². The molecule has 1 N–H and O–H groups in total. The number of halogens is 2. The molecule has 2 aliphatic heterocycles. The largest absolute Gasteiger partial charge is 0.494 e. The first-order valence-electron chi connectivity index (χ1n) is 12.7. The van der Waals surface area contributed by atoms with Crippen LogP contribution in [0.5, 0.6) is 5.75 Å². The second-order valence-electron chi connectivity index (χ2n) is 9.58. The quantitative estimate of drug-likeness (QED) is 0.417. The molecule has 1 amide bonds. The van der Waals surface area contributed by atoms with Crippen molar-refractivity contribution in [2.75, 3.05) is 44.4 Å². The van der Waals surface area contributed by atoms with Crippen LogP contribution in [0.4, 0.5) is 5.95 Å². The molecule has 1 aromatic heterocycles. The van der Waals surface area contributed by atoms with Crippen LogP contribution < -0.4 is 15.0 Å². The van der Waals surface area contributed by atoms with Crippen LogP contribution in [0.2, 0.25) is 10.0 Å². The maximum absolute atomic E-state index is 12.8. The number of amides is 1. The SMILES string of the molecule is CCCOc1cccc(-n2c(N3CCC(C(=O)NCC4CCOC4)CC3)nc3cc(Cl)c(Cl)cc32)c1. The van der Waals surface area contributed by atoms with Crippen LogP contribution in [-0.2, 0) is 9.53 Å². The van der Waals surface area contributed by atoms with Crippen LogP contribution in [0.15, 0.2) is 36.4 Å². The minimum absolute atomic E-state index is 0.0102. The van der Waals surface area contributed by atoms with Crippen molar-refractivity contribution in [1.82, 2.24) is 14.9 Å². The summed E-state index contributed by atoms with van der Waals surface area (Å²) in [6.45, 7) is 6.46. The average Bonchev–Trinajstić information content (AvgIpc) is 3.54. The summed E-state index contributed by atoms with van der Waals surface area (Å²) in [7, 11) is 0. The number of benzene rings is 2. The van der Waals surface area contributed by atoms with Crippen LogP contribution in [0, 0.1) is 11.8 Å². The summed E-state index contributed by atoms with van der Waals surface area (Å²) in [4.78, 5) is 20.0. The highest BCUT2D eigenvalue weighted by Gasteiger charge is 2.29. The number of nitrogens with zero attached hydrogens (tertiary/aromatic N) is 3. The topological polar surface area (TPSA) is 68.6 Å². The van der Waals surface area contributed by atoms with Crippen molar-refractivity contribution in [2.45, 2.75) is 32.6 Å². The lowest BCUT2D eigenvalue weighted by molar-refractivity contribution is -0.125. The summed E-state index contributed by atoms with van der Waals surface area (Å²) in [6.07, 6.45) is 3.51. The summed E-state index contributed by atoms with van der Waals surface area (Å²) in [5.41, 5.74) is 2.60.